The average Bonchev–Trinajstić information content (AvgIpc) is 2.74. The van der Waals surface area contributed by atoms with E-state index in [2.05, 4.69) is 5.10 Å². The number of carboxylic acids is 1. The van der Waals surface area contributed by atoms with E-state index in [1.807, 2.05) is 19.1 Å². The number of benzene rings is 1. The van der Waals surface area contributed by atoms with Gasteiger partial charge >= 0.3 is 11.9 Å². The number of esters is 1. The molecule has 0 bridgehead atoms. The van der Waals surface area contributed by atoms with E-state index in [0.29, 0.717) is 5.75 Å². The quantitative estimate of drug-likeness (QED) is 0.670. The monoisotopic (exact) mass is 260 g/mol. The second kappa shape index (κ2) is 4.93. The van der Waals surface area contributed by atoms with Gasteiger partial charge in [-0.05, 0) is 19.1 Å². The Labute approximate surface area is 109 Å². The molecule has 0 aliphatic heterocycles. The third kappa shape index (κ3) is 2.79. The topological polar surface area (TPSA) is 81.4 Å². The fraction of sp³-hybridized carbons (Fsp3) is 0.154. The van der Waals surface area contributed by atoms with Gasteiger partial charge in [0.05, 0.1) is 0 Å². The number of carboxylic acid groups (broad SMARTS) is 1. The van der Waals surface area contributed by atoms with Gasteiger partial charge in [-0.1, -0.05) is 17.7 Å². The first-order valence-electron chi connectivity index (χ1n) is 5.53. The highest BCUT2D eigenvalue weighted by Gasteiger charge is 2.18. The number of ether oxygens (including phenoxy) is 1. The summed E-state index contributed by atoms with van der Waals surface area (Å²) in [5, 5.41) is 12.7. The van der Waals surface area contributed by atoms with E-state index in [9.17, 15) is 9.59 Å². The van der Waals surface area contributed by atoms with Gasteiger partial charge in [0.2, 0.25) is 0 Å². The highest BCUT2D eigenvalue weighted by atomic mass is 16.5. The molecule has 6 heteroatoms. The minimum Gasteiger partial charge on any atom is -0.477 e. The van der Waals surface area contributed by atoms with Crippen molar-refractivity contribution in [2.75, 3.05) is 0 Å². The molecule has 6 nitrogen and oxygen atoms in total. The summed E-state index contributed by atoms with van der Waals surface area (Å²) in [7, 11) is 1.45. The second-order valence-corrected chi connectivity index (χ2v) is 4.05. The SMILES string of the molecule is Cc1ccc(OC(=O)c2cc(C(=O)O)n(C)n2)cc1. The van der Waals surface area contributed by atoms with Crippen molar-refractivity contribution in [3.8, 4) is 5.75 Å². The summed E-state index contributed by atoms with van der Waals surface area (Å²) in [6, 6.07) is 8.12. The predicted octanol–water partition coefficient (Wildman–Crippen LogP) is 1.65. The largest absolute Gasteiger partial charge is 0.477 e. The molecular formula is C13H12N2O4. The number of hydrogen-bond acceptors (Lipinski definition) is 4. The average molecular weight is 260 g/mol. The van der Waals surface area contributed by atoms with E-state index in [0.717, 1.165) is 10.2 Å². The fourth-order valence-corrected chi connectivity index (χ4v) is 1.53. The van der Waals surface area contributed by atoms with E-state index in [-0.39, 0.29) is 11.4 Å². The second-order valence-electron chi connectivity index (χ2n) is 4.05. The maximum absolute atomic E-state index is 11.8. The highest BCUT2D eigenvalue weighted by molar-refractivity contribution is 5.93. The van der Waals surface area contributed by atoms with Crippen LogP contribution in [-0.2, 0) is 7.05 Å². The van der Waals surface area contributed by atoms with Crippen LogP contribution in [0.4, 0.5) is 0 Å². The van der Waals surface area contributed by atoms with Gasteiger partial charge in [0.15, 0.2) is 5.69 Å². The minimum atomic E-state index is -1.15. The first-order chi connectivity index (χ1) is 8.97. The molecular weight excluding hydrogens is 248 g/mol. The number of nitrogens with zero attached hydrogens (tertiary/aromatic N) is 2. The van der Waals surface area contributed by atoms with Crippen molar-refractivity contribution >= 4 is 11.9 Å². The molecule has 0 saturated heterocycles. The number of rotatable bonds is 3. The van der Waals surface area contributed by atoms with Crippen LogP contribution in [0.25, 0.3) is 0 Å². The Morgan fingerprint density at radius 2 is 1.89 bits per heavy atom. The van der Waals surface area contributed by atoms with E-state index < -0.39 is 11.9 Å². The Morgan fingerprint density at radius 3 is 2.42 bits per heavy atom. The highest BCUT2D eigenvalue weighted by Crippen LogP contribution is 2.14. The molecule has 0 radical (unpaired) electrons. The lowest BCUT2D eigenvalue weighted by molar-refractivity contribution is 0.0683. The lowest BCUT2D eigenvalue weighted by Gasteiger charge is -2.01. The number of aromatic nitrogens is 2. The first-order valence-corrected chi connectivity index (χ1v) is 5.53. The number of aryl methyl sites for hydroxylation is 2. The van der Waals surface area contributed by atoms with Crippen LogP contribution in [0.1, 0.15) is 26.5 Å². The van der Waals surface area contributed by atoms with Crippen molar-refractivity contribution in [3.05, 3.63) is 47.3 Å². The third-order valence-corrected chi connectivity index (χ3v) is 2.54. The van der Waals surface area contributed by atoms with Crippen molar-refractivity contribution in [2.45, 2.75) is 6.92 Å². The van der Waals surface area contributed by atoms with E-state index in [1.54, 1.807) is 12.1 Å². The van der Waals surface area contributed by atoms with E-state index in [4.69, 9.17) is 9.84 Å². The lowest BCUT2D eigenvalue weighted by atomic mass is 10.2. The molecule has 0 amide bonds. The zero-order valence-corrected chi connectivity index (χ0v) is 10.5. The van der Waals surface area contributed by atoms with Gasteiger partial charge in [-0.2, -0.15) is 5.10 Å². The molecule has 0 fully saturated rings. The third-order valence-electron chi connectivity index (χ3n) is 2.54. The number of carbonyl (C=O) groups excluding carboxylic acids is 1. The van der Waals surface area contributed by atoms with Crippen LogP contribution < -0.4 is 4.74 Å². The number of aromatic carboxylic acids is 1. The van der Waals surface area contributed by atoms with Crippen LogP contribution in [0, 0.1) is 6.92 Å². The molecule has 1 aromatic carbocycles. The molecule has 0 aliphatic carbocycles. The number of carbonyl (C=O) groups is 2. The fourth-order valence-electron chi connectivity index (χ4n) is 1.53. The van der Waals surface area contributed by atoms with Gasteiger partial charge in [0, 0.05) is 13.1 Å². The van der Waals surface area contributed by atoms with Gasteiger partial charge in [-0.3, -0.25) is 4.68 Å². The molecule has 2 rings (SSSR count). The summed E-state index contributed by atoms with van der Waals surface area (Å²) in [6.07, 6.45) is 0. The molecule has 0 unspecified atom stereocenters. The van der Waals surface area contributed by atoms with Gasteiger partial charge in [-0.25, -0.2) is 9.59 Å². The summed E-state index contributed by atoms with van der Waals surface area (Å²) in [5.41, 5.74) is 0.933. The molecule has 2 aromatic rings. The Hall–Kier alpha value is -2.63. The zero-order chi connectivity index (χ0) is 14.0. The lowest BCUT2D eigenvalue weighted by Crippen LogP contribution is -2.09. The molecule has 0 atom stereocenters. The van der Waals surface area contributed by atoms with Crippen molar-refractivity contribution in [1.82, 2.24) is 9.78 Å². The molecule has 19 heavy (non-hydrogen) atoms. The van der Waals surface area contributed by atoms with Crippen LogP contribution in [-0.4, -0.2) is 26.8 Å². The molecule has 0 aliphatic rings. The molecule has 98 valence electrons. The molecule has 1 N–H and O–H groups in total. The van der Waals surface area contributed by atoms with E-state index >= 15 is 0 Å². The summed E-state index contributed by atoms with van der Waals surface area (Å²) in [6.45, 7) is 1.92. The van der Waals surface area contributed by atoms with Gasteiger partial charge in [-0.15, -0.1) is 0 Å². The molecule has 1 aromatic heterocycles. The van der Waals surface area contributed by atoms with Crippen molar-refractivity contribution in [1.29, 1.82) is 0 Å². The van der Waals surface area contributed by atoms with Crippen LogP contribution in [0.5, 0.6) is 5.75 Å². The van der Waals surface area contributed by atoms with Crippen LogP contribution in [0.15, 0.2) is 30.3 Å². The van der Waals surface area contributed by atoms with Crippen molar-refractivity contribution in [2.24, 2.45) is 7.05 Å². The zero-order valence-electron chi connectivity index (χ0n) is 10.5. The minimum absolute atomic E-state index is 0.0412. The summed E-state index contributed by atoms with van der Waals surface area (Å²) >= 11 is 0. The maximum Gasteiger partial charge on any atom is 0.364 e. The number of hydrogen-bond donors (Lipinski definition) is 1. The van der Waals surface area contributed by atoms with Crippen LogP contribution in [0.3, 0.4) is 0 Å². The standard InChI is InChI=1S/C13H12N2O4/c1-8-3-5-9(6-4-8)19-13(18)10-7-11(12(16)17)15(2)14-10/h3-7H,1-2H3,(H,16,17). The summed E-state index contributed by atoms with van der Waals surface area (Å²) < 4.78 is 6.21. The Kier molecular flexibility index (Phi) is 3.33. The molecule has 0 saturated carbocycles. The maximum atomic E-state index is 11.8. The van der Waals surface area contributed by atoms with Gasteiger partial charge < -0.3 is 9.84 Å². The summed E-state index contributed by atoms with van der Waals surface area (Å²) in [5.74, 6) is -1.45. The Balaban J connectivity index is 2.18. The van der Waals surface area contributed by atoms with Crippen LogP contribution >= 0.6 is 0 Å². The molecule has 0 spiro atoms. The predicted molar refractivity (Wildman–Crippen MR) is 66.3 cm³/mol. The first kappa shape index (κ1) is 12.8. The van der Waals surface area contributed by atoms with Gasteiger partial charge in [0.25, 0.3) is 0 Å². The van der Waals surface area contributed by atoms with Crippen molar-refractivity contribution < 1.29 is 19.4 Å². The summed E-state index contributed by atoms with van der Waals surface area (Å²) in [4.78, 5) is 22.6. The Bertz CT molecular complexity index is 629. The molecule has 1 heterocycles. The smallest absolute Gasteiger partial charge is 0.364 e. The van der Waals surface area contributed by atoms with Crippen LogP contribution in [0.2, 0.25) is 0 Å². The Morgan fingerprint density at radius 1 is 1.26 bits per heavy atom. The van der Waals surface area contributed by atoms with E-state index in [1.165, 1.54) is 13.1 Å². The van der Waals surface area contributed by atoms with Gasteiger partial charge in [0.1, 0.15) is 11.4 Å². The van der Waals surface area contributed by atoms with Crippen molar-refractivity contribution in [3.63, 3.8) is 0 Å². The normalized spacial score (nSPS) is 10.2.